The zero-order valence-electron chi connectivity index (χ0n) is 13.5. The Labute approximate surface area is 133 Å². The Bertz CT molecular complexity index is 545. The predicted molar refractivity (Wildman–Crippen MR) is 88.7 cm³/mol. The van der Waals surface area contributed by atoms with Crippen LogP contribution in [0.25, 0.3) is 0 Å². The van der Waals surface area contributed by atoms with Crippen molar-refractivity contribution < 1.29 is 15.2 Å². The first-order valence-electron chi connectivity index (χ1n) is 7.92. The molecule has 0 spiro atoms. The molecule has 3 heteroatoms. The van der Waals surface area contributed by atoms with Crippen molar-refractivity contribution in [3.05, 3.63) is 65.2 Å². The van der Waals surface area contributed by atoms with Crippen LogP contribution >= 0.6 is 0 Å². The second kappa shape index (κ2) is 8.57. The van der Waals surface area contributed by atoms with E-state index in [0.29, 0.717) is 6.61 Å². The molecule has 0 aliphatic rings. The van der Waals surface area contributed by atoms with E-state index in [2.05, 4.69) is 55.6 Å². The quantitative estimate of drug-likeness (QED) is 0.786. The van der Waals surface area contributed by atoms with E-state index in [0.717, 1.165) is 18.7 Å². The first-order chi connectivity index (χ1) is 10.7. The molecule has 3 N–H and O–H groups in total. The van der Waals surface area contributed by atoms with E-state index in [4.69, 9.17) is 4.74 Å². The molecule has 0 radical (unpaired) electrons. The van der Waals surface area contributed by atoms with Gasteiger partial charge in [-0.1, -0.05) is 36.8 Å². The normalized spacial score (nSPS) is 12.1. The Hall–Kier alpha value is -1.84. The summed E-state index contributed by atoms with van der Waals surface area (Å²) in [5.74, 6) is 0.888. The number of quaternary nitrogens is 1. The number of aryl methyl sites for hydroxylation is 1. The smallest absolute Gasteiger partial charge is 0.119 e. The monoisotopic (exact) mass is 300 g/mol. The van der Waals surface area contributed by atoms with E-state index in [9.17, 15) is 5.11 Å². The SMILES string of the molecule is CC[C@@H](CO)[NH2+]Cc1ccc(OCc2ccc(C)cc2)cc1. The molecule has 2 aromatic rings. The Morgan fingerprint density at radius 1 is 1.00 bits per heavy atom. The Balaban J connectivity index is 1.82. The number of hydrogen-bond acceptors (Lipinski definition) is 2. The highest BCUT2D eigenvalue weighted by atomic mass is 16.5. The number of nitrogens with two attached hydrogens (primary N) is 1. The number of ether oxygens (including phenoxy) is 1. The molecule has 0 fully saturated rings. The van der Waals surface area contributed by atoms with E-state index in [1.165, 1.54) is 16.7 Å². The van der Waals surface area contributed by atoms with Crippen LogP contribution in [-0.4, -0.2) is 17.8 Å². The van der Waals surface area contributed by atoms with Crippen LogP contribution in [0.1, 0.15) is 30.0 Å². The van der Waals surface area contributed by atoms with Crippen LogP contribution in [0.15, 0.2) is 48.5 Å². The van der Waals surface area contributed by atoms with Gasteiger partial charge in [0.05, 0.1) is 6.61 Å². The molecule has 3 nitrogen and oxygen atoms in total. The fourth-order valence-electron chi connectivity index (χ4n) is 2.25. The molecule has 118 valence electrons. The molecule has 0 amide bonds. The van der Waals surface area contributed by atoms with E-state index in [1.807, 2.05) is 12.1 Å². The average Bonchev–Trinajstić information content (AvgIpc) is 2.56. The third-order valence-corrected chi connectivity index (χ3v) is 3.90. The Morgan fingerprint density at radius 3 is 2.23 bits per heavy atom. The minimum absolute atomic E-state index is 0.230. The number of rotatable bonds is 8. The van der Waals surface area contributed by atoms with Crippen molar-refractivity contribution in [2.75, 3.05) is 6.61 Å². The first kappa shape index (κ1) is 16.5. The van der Waals surface area contributed by atoms with Crippen molar-refractivity contribution in [3.8, 4) is 5.75 Å². The predicted octanol–water partition coefficient (Wildman–Crippen LogP) is 2.41. The molecule has 22 heavy (non-hydrogen) atoms. The summed E-state index contributed by atoms with van der Waals surface area (Å²) in [6, 6.07) is 16.9. The van der Waals surface area contributed by atoms with Crippen LogP contribution in [0.5, 0.6) is 5.75 Å². The fraction of sp³-hybridized carbons (Fsp3) is 0.368. The van der Waals surface area contributed by atoms with Gasteiger partial charge in [-0.15, -0.1) is 0 Å². The molecular formula is C19H26NO2+. The van der Waals surface area contributed by atoms with Gasteiger partial charge in [-0.2, -0.15) is 0 Å². The highest BCUT2D eigenvalue weighted by Gasteiger charge is 2.07. The van der Waals surface area contributed by atoms with Crippen molar-refractivity contribution in [2.45, 2.75) is 39.5 Å². The fourth-order valence-corrected chi connectivity index (χ4v) is 2.25. The van der Waals surface area contributed by atoms with Gasteiger partial charge in [0.25, 0.3) is 0 Å². The van der Waals surface area contributed by atoms with E-state index >= 15 is 0 Å². The van der Waals surface area contributed by atoms with Gasteiger partial charge >= 0.3 is 0 Å². The van der Waals surface area contributed by atoms with E-state index < -0.39 is 0 Å². The maximum Gasteiger partial charge on any atom is 0.119 e. The topological polar surface area (TPSA) is 46.1 Å². The first-order valence-corrected chi connectivity index (χ1v) is 7.92. The maximum atomic E-state index is 9.19. The highest BCUT2D eigenvalue weighted by molar-refractivity contribution is 5.27. The van der Waals surface area contributed by atoms with Gasteiger partial charge in [-0.25, -0.2) is 0 Å². The van der Waals surface area contributed by atoms with E-state index in [1.54, 1.807) is 0 Å². The molecule has 1 atom stereocenters. The molecule has 0 bridgehead atoms. The van der Waals surface area contributed by atoms with Gasteiger partial charge in [0.1, 0.15) is 24.9 Å². The molecule has 0 aliphatic carbocycles. The minimum Gasteiger partial charge on any atom is -0.489 e. The zero-order valence-corrected chi connectivity index (χ0v) is 13.5. The van der Waals surface area contributed by atoms with Gasteiger partial charge in [0.15, 0.2) is 0 Å². The van der Waals surface area contributed by atoms with Gasteiger partial charge in [0, 0.05) is 5.56 Å². The lowest BCUT2D eigenvalue weighted by Gasteiger charge is -2.11. The minimum atomic E-state index is 0.230. The maximum absolute atomic E-state index is 9.19. The largest absolute Gasteiger partial charge is 0.489 e. The lowest BCUT2D eigenvalue weighted by Crippen LogP contribution is -2.89. The Kier molecular flexibility index (Phi) is 6.44. The lowest BCUT2D eigenvalue weighted by atomic mass is 10.1. The van der Waals surface area contributed by atoms with Crippen molar-refractivity contribution in [2.24, 2.45) is 0 Å². The Morgan fingerprint density at radius 2 is 1.64 bits per heavy atom. The van der Waals surface area contributed by atoms with Gasteiger partial charge < -0.3 is 15.2 Å². The van der Waals surface area contributed by atoms with Crippen LogP contribution in [-0.2, 0) is 13.2 Å². The summed E-state index contributed by atoms with van der Waals surface area (Å²) in [5, 5.41) is 11.4. The number of hydrogen-bond donors (Lipinski definition) is 2. The summed E-state index contributed by atoms with van der Waals surface area (Å²) in [7, 11) is 0. The van der Waals surface area contributed by atoms with Crippen LogP contribution in [0.3, 0.4) is 0 Å². The third-order valence-electron chi connectivity index (χ3n) is 3.90. The number of aliphatic hydroxyl groups excluding tert-OH is 1. The molecule has 0 aromatic heterocycles. The molecule has 2 rings (SSSR count). The second-order valence-electron chi connectivity index (χ2n) is 5.71. The highest BCUT2D eigenvalue weighted by Crippen LogP contribution is 2.14. The molecule has 0 heterocycles. The van der Waals surface area contributed by atoms with Crippen LogP contribution in [0.2, 0.25) is 0 Å². The van der Waals surface area contributed by atoms with Crippen molar-refractivity contribution in [1.29, 1.82) is 0 Å². The average molecular weight is 300 g/mol. The van der Waals surface area contributed by atoms with Gasteiger partial charge in [0.2, 0.25) is 0 Å². The summed E-state index contributed by atoms with van der Waals surface area (Å²) in [6.07, 6.45) is 0.980. The summed E-state index contributed by atoms with van der Waals surface area (Å²) < 4.78 is 5.80. The summed E-state index contributed by atoms with van der Waals surface area (Å²) in [5.41, 5.74) is 3.68. The summed E-state index contributed by atoms with van der Waals surface area (Å²) >= 11 is 0. The van der Waals surface area contributed by atoms with Crippen LogP contribution in [0, 0.1) is 6.92 Å². The van der Waals surface area contributed by atoms with Crippen molar-refractivity contribution in [1.82, 2.24) is 0 Å². The van der Waals surface area contributed by atoms with Crippen LogP contribution < -0.4 is 10.1 Å². The molecule has 0 unspecified atom stereocenters. The molecular weight excluding hydrogens is 274 g/mol. The second-order valence-corrected chi connectivity index (χ2v) is 5.71. The molecule has 0 aliphatic heterocycles. The van der Waals surface area contributed by atoms with E-state index in [-0.39, 0.29) is 12.6 Å². The molecule has 0 saturated heterocycles. The van der Waals surface area contributed by atoms with Crippen molar-refractivity contribution >= 4 is 0 Å². The zero-order chi connectivity index (χ0) is 15.8. The number of benzene rings is 2. The molecule has 0 saturated carbocycles. The molecule has 2 aromatic carbocycles. The van der Waals surface area contributed by atoms with Crippen LogP contribution in [0.4, 0.5) is 0 Å². The number of aliphatic hydroxyl groups is 1. The lowest BCUT2D eigenvalue weighted by molar-refractivity contribution is -0.706. The van der Waals surface area contributed by atoms with Gasteiger partial charge in [-0.05, 0) is 43.2 Å². The van der Waals surface area contributed by atoms with Gasteiger partial charge in [-0.3, -0.25) is 0 Å². The summed E-state index contributed by atoms with van der Waals surface area (Å²) in [6.45, 7) is 5.89. The van der Waals surface area contributed by atoms with Crippen molar-refractivity contribution in [3.63, 3.8) is 0 Å². The third kappa shape index (κ3) is 5.17. The standard InChI is InChI=1S/C19H25NO2/c1-3-18(13-21)20-12-16-8-10-19(11-9-16)22-14-17-6-4-15(2)5-7-17/h4-11,18,20-21H,3,12-14H2,1-2H3/p+1/t18-/m0/s1. The summed E-state index contributed by atoms with van der Waals surface area (Å²) in [4.78, 5) is 0.